The number of hydrogen-bond acceptors (Lipinski definition) is 8. The minimum absolute atomic E-state index is 0.00307. The zero-order valence-electron chi connectivity index (χ0n) is 40.8. The third kappa shape index (κ3) is 48.6. The molecular formula is C54H92NO9P. The molecule has 0 aromatic heterocycles. The van der Waals surface area contributed by atoms with E-state index in [1.54, 1.807) is 0 Å². The lowest BCUT2D eigenvalue weighted by Gasteiger charge is -2.20. The molecule has 372 valence electrons. The van der Waals surface area contributed by atoms with Gasteiger partial charge in [0, 0.05) is 13.0 Å². The number of phosphoric acid groups is 1. The SMILES string of the molecule is CC/C=C\C/C=C\C/C=C\C/C=C\CCCCCCCCCCCCCOCC(COP(=O)(O)OCC(N)C(=O)O)OC(=O)CCCCCCCC/C=C\C/C=C\C/C=C\C/C=C\CC. The van der Waals surface area contributed by atoms with Crippen molar-refractivity contribution < 1.29 is 42.7 Å². The topological polar surface area (TPSA) is 155 Å². The molecule has 0 fully saturated rings. The fraction of sp³-hybridized carbons (Fsp3) is 0.667. The Morgan fingerprint density at radius 3 is 1.26 bits per heavy atom. The third-order valence-corrected chi connectivity index (χ3v) is 11.3. The molecule has 10 nitrogen and oxygen atoms in total. The molecule has 0 radical (unpaired) electrons. The van der Waals surface area contributed by atoms with E-state index >= 15 is 0 Å². The Bertz CT molecular complexity index is 1400. The first-order valence-corrected chi connectivity index (χ1v) is 26.8. The molecule has 11 heteroatoms. The second-order valence-electron chi connectivity index (χ2n) is 16.5. The van der Waals surface area contributed by atoms with Crippen LogP contribution >= 0.6 is 7.82 Å². The molecule has 0 heterocycles. The molecule has 0 bridgehead atoms. The van der Waals surface area contributed by atoms with Gasteiger partial charge in [0.15, 0.2) is 0 Å². The number of esters is 1. The molecule has 0 amide bonds. The van der Waals surface area contributed by atoms with Gasteiger partial charge in [-0.1, -0.05) is 195 Å². The average Bonchev–Trinajstić information content (AvgIpc) is 3.29. The molecule has 0 aliphatic rings. The molecular weight excluding hydrogens is 838 g/mol. The molecule has 65 heavy (non-hydrogen) atoms. The van der Waals surface area contributed by atoms with E-state index in [-0.39, 0.29) is 13.0 Å². The van der Waals surface area contributed by atoms with E-state index < -0.39 is 45.1 Å². The van der Waals surface area contributed by atoms with Gasteiger partial charge in [-0.3, -0.25) is 18.6 Å². The first-order chi connectivity index (χ1) is 31.7. The van der Waals surface area contributed by atoms with Crippen LogP contribution in [0.25, 0.3) is 0 Å². The van der Waals surface area contributed by atoms with Crippen molar-refractivity contribution in [3.63, 3.8) is 0 Å². The van der Waals surface area contributed by atoms with Gasteiger partial charge in [0.2, 0.25) is 0 Å². The predicted molar refractivity (Wildman–Crippen MR) is 272 cm³/mol. The zero-order valence-corrected chi connectivity index (χ0v) is 41.7. The number of carbonyl (C=O) groups is 2. The van der Waals surface area contributed by atoms with Gasteiger partial charge in [0.05, 0.1) is 19.8 Å². The Labute approximate surface area is 396 Å². The van der Waals surface area contributed by atoms with Crippen molar-refractivity contribution >= 4 is 19.8 Å². The summed E-state index contributed by atoms with van der Waals surface area (Å²) in [5.41, 5.74) is 5.37. The van der Waals surface area contributed by atoms with Gasteiger partial charge in [0.1, 0.15) is 12.1 Å². The first kappa shape index (κ1) is 61.9. The second kappa shape index (κ2) is 48.8. The van der Waals surface area contributed by atoms with E-state index in [1.807, 2.05) is 0 Å². The van der Waals surface area contributed by atoms with Crippen molar-refractivity contribution in [1.29, 1.82) is 0 Å². The summed E-state index contributed by atoms with van der Waals surface area (Å²) in [6, 6.07) is -1.48. The van der Waals surface area contributed by atoms with Crippen LogP contribution in [-0.2, 0) is 32.7 Å². The van der Waals surface area contributed by atoms with Crippen molar-refractivity contribution in [2.75, 3.05) is 26.4 Å². The summed E-state index contributed by atoms with van der Waals surface area (Å²) >= 11 is 0. The van der Waals surface area contributed by atoms with Gasteiger partial charge in [0.25, 0.3) is 0 Å². The van der Waals surface area contributed by atoms with Crippen LogP contribution in [0.1, 0.15) is 194 Å². The number of carbonyl (C=O) groups excluding carboxylic acids is 1. The zero-order chi connectivity index (χ0) is 47.6. The van der Waals surface area contributed by atoms with Crippen molar-refractivity contribution in [2.24, 2.45) is 5.73 Å². The lowest BCUT2D eigenvalue weighted by molar-refractivity contribution is -0.154. The van der Waals surface area contributed by atoms with E-state index in [9.17, 15) is 19.0 Å². The molecule has 3 unspecified atom stereocenters. The van der Waals surface area contributed by atoms with Crippen molar-refractivity contribution in [3.8, 4) is 0 Å². The van der Waals surface area contributed by atoms with Crippen LogP contribution in [0.2, 0.25) is 0 Å². The normalized spacial score (nSPS) is 14.5. The summed E-state index contributed by atoms with van der Waals surface area (Å²) in [7, 11) is -4.63. The van der Waals surface area contributed by atoms with E-state index in [0.29, 0.717) is 13.0 Å². The summed E-state index contributed by atoms with van der Waals surface area (Å²) in [4.78, 5) is 33.7. The van der Waals surface area contributed by atoms with E-state index in [2.05, 4.69) is 111 Å². The summed E-state index contributed by atoms with van der Waals surface area (Å²) in [5, 5.41) is 8.93. The van der Waals surface area contributed by atoms with Gasteiger partial charge in [-0.05, 0) is 89.9 Å². The largest absolute Gasteiger partial charge is 0.480 e. The fourth-order valence-corrected chi connectivity index (χ4v) is 7.31. The van der Waals surface area contributed by atoms with Crippen LogP contribution in [0.5, 0.6) is 0 Å². The molecule has 4 N–H and O–H groups in total. The average molecular weight is 930 g/mol. The van der Waals surface area contributed by atoms with Gasteiger partial charge >= 0.3 is 19.8 Å². The Kier molecular flexibility index (Phi) is 46.5. The lowest BCUT2D eigenvalue weighted by atomic mass is 10.1. The van der Waals surface area contributed by atoms with Crippen molar-refractivity contribution in [3.05, 3.63) is 97.2 Å². The Morgan fingerprint density at radius 1 is 0.492 bits per heavy atom. The number of carboxylic acid groups (broad SMARTS) is 1. The number of aliphatic carboxylic acids is 1. The molecule has 3 atom stereocenters. The number of hydrogen-bond donors (Lipinski definition) is 3. The number of nitrogens with two attached hydrogens (primary N) is 1. The standard InChI is InChI=1S/C54H92NO9P/c1-3-5-7-9-11-13-15-17-19-21-23-24-25-26-27-29-31-33-35-37-39-41-43-45-47-61-48-51(49-62-65(59,60)63-50-52(55)54(57)58)64-53(56)46-44-42-40-38-36-34-32-30-28-22-20-18-16-14-12-10-8-6-4-2/h5-8,11-14,17-20,23-24,28,30,51-52H,3-4,9-10,15-16,21-22,25-27,29,31-50,55H2,1-2H3,(H,57,58)(H,59,60)/b7-5-,8-6-,13-11-,14-12-,19-17-,20-18-,24-23-,30-28-. The van der Waals surface area contributed by atoms with Crippen LogP contribution in [0.3, 0.4) is 0 Å². The number of carboxylic acids is 1. The number of phosphoric ester groups is 1. The smallest absolute Gasteiger partial charge is 0.472 e. The summed E-state index contributed by atoms with van der Waals surface area (Å²) in [6.07, 6.45) is 64.6. The lowest BCUT2D eigenvalue weighted by Crippen LogP contribution is -2.34. The highest BCUT2D eigenvalue weighted by atomic mass is 31.2. The van der Waals surface area contributed by atoms with E-state index in [1.165, 1.54) is 57.8 Å². The maximum Gasteiger partial charge on any atom is 0.472 e. The minimum atomic E-state index is -4.63. The Balaban J connectivity index is 4.18. The van der Waals surface area contributed by atoms with Crippen LogP contribution in [0.15, 0.2) is 97.2 Å². The highest BCUT2D eigenvalue weighted by Gasteiger charge is 2.27. The summed E-state index contributed by atoms with van der Waals surface area (Å²) < 4.78 is 33.5. The maximum atomic E-state index is 12.7. The van der Waals surface area contributed by atoms with Crippen LogP contribution in [0.4, 0.5) is 0 Å². The van der Waals surface area contributed by atoms with Gasteiger partial charge in [-0.2, -0.15) is 0 Å². The highest BCUT2D eigenvalue weighted by Crippen LogP contribution is 2.43. The number of allylic oxidation sites excluding steroid dienone is 16. The van der Waals surface area contributed by atoms with Crippen LogP contribution in [0, 0.1) is 0 Å². The van der Waals surface area contributed by atoms with E-state index in [4.69, 9.17) is 29.4 Å². The number of ether oxygens (including phenoxy) is 2. The van der Waals surface area contributed by atoms with Crippen molar-refractivity contribution in [1.82, 2.24) is 0 Å². The monoisotopic (exact) mass is 930 g/mol. The molecule has 0 aliphatic carbocycles. The molecule has 0 saturated heterocycles. The van der Waals surface area contributed by atoms with Crippen molar-refractivity contribution in [2.45, 2.75) is 206 Å². The Morgan fingerprint density at radius 2 is 0.846 bits per heavy atom. The Hall–Kier alpha value is -3.11. The maximum absolute atomic E-state index is 12.7. The van der Waals surface area contributed by atoms with Gasteiger partial charge in [-0.25, -0.2) is 4.57 Å². The van der Waals surface area contributed by atoms with Gasteiger partial charge < -0.3 is 25.2 Å². The quantitative estimate of drug-likeness (QED) is 0.0232. The minimum Gasteiger partial charge on any atom is -0.480 e. The molecule has 0 saturated carbocycles. The fourth-order valence-electron chi connectivity index (χ4n) is 6.53. The van der Waals surface area contributed by atoms with Crippen LogP contribution in [-0.4, -0.2) is 60.5 Å². The number of rotatable bonds is 47. The summed E-state index contributed by atoms with van der Waals surface area (Å²) in [6.45, 7) is 3.63. The summed E-state index contributed by atoms with van der Waals surface area (Å²) in [5.74, 6) is -1.80. The third-order valence-electron chi connectivity index (χ3n) is 10.4. The molecule has 0 rings (SSSR count). The predicted octanol–water partition coefficient (Wildman–Crippen LogP) is 14.9. The molecule has 0 aromatic rings. The second-order valence-corrected chi connectivity index (χ2v) is 18.0. The molecule has 0 aliphatic heterocycles. The first-order valence-electron chi connectivity index (χ1n) is 25.3. The molecule has 0 aromatic carbocycles. The van der Waals surface area contributed by atoms with E-state index in [0.717, 1.165) is 109 Å². The van der Waals surface area contributed by atoms with Crippen LogP contribution < -0.4 is 5.73 Å². The molecule has 0 spiro atoms. The number of unbranched alkanes of at least 4 members (excludes halogenated alkanes) is 17. The van der Waals surface area contributed by atoms with Gasteiger partial charge in [-0.15, -0.1) is 0 Å². The highest BCUT2D eigenvalue weighted by molar-refractivity contribution is 7.47.